The largest absolute Gasteiger partial charge is 0.484 e. The molecule has 2 bridgehead atoms. The number of aromatic nitrogens is 4. The van der Waals surface area contributed by atoms with Crippen LogP contribution < -0.4 is 26.4 Å². The van der Waals surface area contributed by atoms with Crippen LogP contribution in [0.2, 0.25) is 0 Å². The number of imidazole rings is 1. The average Bonchev–Trinajstić information content (AvgIpc) is 3.54. The lowest BCUT2D eigenvalue weighted by molar-refractivity contribution is -0.123. The number of likely N-dealkylation sites (N-methyl/N-ethyl adjacent to an activating group) is 1. The molecule has 33 heavy (non-hydrogen) atoms. The van der Waals surface area contributed by atoms with Crippen molar-refractivity contribution in [2.24, 2.45) is 23.5 Å². The number of hydrogen-bond acceptors (Lipinski definition) is 8. The molecule has 0 unspecified atom stereocenters. The van der Waals surface area contributed by atoms with Crippen LogP contribution in [0.25, 0.3) is 11.2 Å². The number of primary amides is 1. The molecule has 11 nitrogen and oxygen atoms in total. The summed E-state index contributed by atoms with van der Waals surface area (Å²) in [5, 5.41) is 9.10. The Labute approximate surface area is 189 Å². The van der Waals surface area contributed by atoms with Gasteiger partial charge in [-0.05, 0) is 30.4 Å². The maximum absolute atomic E-state index is 12.1. The van der Waals surface area contributed by atoms with Crippen molar-refractivity contribution in [1.29, 1.82) is 0 Å². The van der Waals surface area contributed by atoms with Gasteiger partial charge in [-0.3, -0.25) is 9.59 Å². The molecular formula is C22H24N8O3. The number of aromatic amines is 1. The molecule has 5 rings (SSSR count). The molecule has 4 atom stereocenters. The number of anilines is 3. The zero-order valence-electron chi connectivity index (χ0n) is 17.9. The van der Waals surface area contributed by atoms with Crippen LogP contribution in [0.1, 0.15) is 6.42 Å². The number of hydrogen-bond donors (Lipinski definition) is 5. The lowest BCUT2D eigenvalue weighted by Gasteiger charge is -2.27. The Balaban J connectivity index is 1.39. The Hall–Kier alpha value is -4.15. The summed E-state index contributed by atoms with van der Waals surface area (Å²) in [6.45, 7) is -0.0806. The van der Waals surface area contributed by atoms with Crippen LogP contribution in [-0.4, -0.2) is 51.4 Å². The number of rotatable bonds is 8. The van der Waals surface area contributed by atoms with Crippen LogP contribution in [0.5, 0.6) is 5.75 Å². The number of fused-ring (bicyclic) bond motifs is 3. The lowest BCUT2D eigenvalue weighted by Crippen LogP contribution is -2.41. The summed E-state index contributed by atoms with van der Waals surface area (Å²) in [5.74, 6) is 0.941. The number of benzene rings is 1. The highest BCUT2D eigenvalue weighted by atomic mass is 16.5. The van der Waals surface area contributed by atoms with E-state index in [1.165, 1.54) is 0 Å². The number of carbonyl (C=O) groups is 2. The maximum atomic E-state index is 12.1. The summed E-state index contributed by atoms with van der Waals surface area (Å²) in [6.07, 6.45) is 6.66. The molecule has 2 aliphatic carbocycles. The van der Waals surface area contributed by atoms with Gasteiger partial charge in [0.05, 0.1) is 12.2 Å². The first-order valence-corrected chi connectivity index (χ1v) is 10.7. The Morgan fingerprint density at radius 3 is 2.91 bits per heavy atom. The molecule has 0 radical (unpaired) electrons. The van der Waals surface area contributed by atoms with E-state index in [0.717, 1.165) is 6.42 Å². The van der Waals surface area contributed by atoms with Crippen molar-refractivity contribution >= 4 is 40.4 Å². The van der Waals surface area contributed by atoms with E-state index in [-0.39, 0.29) is 42.2 Å². The second-order valence-electron chi connectivity index (χ2n) is 8.16. The van der Waals surface area contributed by atoms with Gasteiger partial charge in [-0.2, -0.15) is 9.97 Å². The Morgan fingerprint density at radius 2 is 2.09 bits per heavy atom. The minimum Gasteiger partial charge on any atom is -0.484 e. The summed E-state index contributed by atoms with van der Waals surface area (Å²) in [6, 6.07) is 6.99. The van der Waals surface area contributed by atoms with Crippen LogP contribution >= 0.6 is 0 Å². The number of ether oxygens (including phenoxy) is 1. The van der Waals surface area contributed by atoms with Crippen molar-refractivity contribution in [2.45, 2.75) is 12.5 Å². The van der Waals surface area contributed by atoms with E-state index in [1.54, 1.807) is 31.6 Å². The fourth-order valence-electron chi connectivity index (χ4n) is 4.57. The highest BCUT2D eigenvalue weighted by Gasteiger charge is 2.47. The van der Waals surface area contributed by atoms with Crippen molar-refractivity contribution in [3.63, 3.8) is 0 Å². The Kier molecular flexibility index (Phi) is 5.29. The second-order valence-corrected chi connectivity index (χ2v) is 8.16. The number of nitrogens with two attached hydrogens (primary N) is 1. The highest BCUT2D eigenvalue weighted by molar-refractivity contribution is 5.85. The van der Waals surface area contributed by atoms with Gasteiger partial charge in [0.1, 0.15) is 11.3 Å². The van der Waals surface area contributed by atoms with Gasteiger partial charge < -0.3 is 31.4 Å². The lowest BCUT2D eigenvalue weighted by atomic mass is 9.88. The van der Waals surface area contributed by atoms with E-state index in [0.29, 0.717) is 34.4 Å². The number of carbonyl (C=O) groups excluding carboxylic acids is 2. The molecule has 11 heteroatoms. The smallest absolute Gasteiger partial charge is 0.257 e. The molecule has 0 aliphatic heterocycles. The van der Waals surface area contributed by atoms with Crippen LogP contribution in [0.15, 0.2) is 42.7 Å². The Bertz CT molecular complexity index is 1240. The molecule has 0 spiro atoms. The van der Waals surface area contributed by atoms with Crippen molar-refractivity contribution in [1.82, 2.24) is 25.3 Å². The van der Waals surface area contributed by atoms with E-state index in [2.05, 4.69) is 48.0 Å². The van der Waals surface area contributed by atoms with Gasteiger partial charge in [-0.25, -0.2) is 4.98 Å². The minimum absolute atomic E-state index is 0.0806. The first kappa shape index (κ1) is 20.7. The molecule has 2 aliphatic rings. The number of nitrogens with one attached hydrogen (secondary N) is 4. The van der Waals surface area contributed by atoms with E-state index in [4.69, 9.17) is 10.5 Å². The van der Waals surface area contributed by atoms with E-state index >= 15 is 0 Å². The fraction of sp³-hybridized carbons (Fsp3) is 0.318. The monoisotopic (exact) mass is 448 g/mol. The summed E-state index contributed by atoms with van der Waals surface area (Å²) < 4.78 is 5.50. The van der Waals surface area contributed by atoms with Gasteiger partial charge in [0.2, 0.25) is 11.9 Å². The molecule has 0 saturated heterocycles. The minimum atomic E-state index is -0.314. The summed E-state index contributed by atoms with van der Waals surface area (Å²) in [7, 11) is 1.55. The average molecular weight is 448 g/mol. The predicted octanol–water partition coefficient (Wildman–Crippen LogP) is 1.31. The van der Waals surface area contributed by atoms with E-state index in [1.807, 2.05) is 6.07 Å². The van der Waals surface area contributed by atoms with Gasteiger partial charge in [0, 0.05) is 24.8 Å². The zero-order valence-corrected chi connectivity index (χ0v) is 17.9. The normalized spacial score (nSPS) is 22.9. The highest BCUT2D eigenvalue weighted by Crippen LogP contribution is 2.45. The molecule has 2 amide bonds. The van der Waals surface area contributed by atoms with Crippen LogP contribution in [0, 0.1) is 17.8 Å². The van der Waals surface area contributed by atoms with Gasteiger partial charge in [-0.1, -0.05) is 18.2 Å². The first-order valence-electron chi connectivity index (χ1n) is 10.7. The summed E-state index contributed by atoms with van der Waals surface area (Å²) >= 11 is 0. The third-order valence-electron chi connectivity index (χ3n) is 6.12. The van der Waals surface area contributed by atoms with E-state index < -0.39 is 0 Å². The summed E-state index contributed by atoms with van der Waals surface area (Å²) in [4.78, 5) is 40.0. The molecule has 3 aromatic rings. The molecule has 2 aromatic heterocycles. The molecule has 170 valence electrons. The molecule has 1 aromatic carbocycles. The van der Waals surface area contributed by atoms with Gasteiger partial charge in [0.25, 0.3) is 5.91 Å². The van der Waals surface area contributed by atoms with Gasteiger partial charge in [-0.15, -0.1) is 0 Å². The van der Waals surface area contributed by atoms with Crippen LogP contribution in [0.4, 0.5) is 17.5 Å². The molecular weight excluding hydrogens is 424 g/mol. The molecule has 1 saturated carbocycles. The van der Waals surface area contributed by atoms with Gasteiger partial charge >= 0.3 is 0 Å². The maximum Gasteiger partial charge on any atom is 0.257 e. The molecule has 2 heterocycles. The number of allylic oxidation sites excluding steroid dienone is 1. The van der Waals surface area contributed by atoms with Crippen molar-refractivity contribution in [2.75, 3.05) is 24.3 Å². The quantitative estimate of drug-likeness (QED) is 0.322. The molecule has 6 N–H and O–H groups in total. The second kappa shape index (κ2) is 8.41. The first-order chi connectivity index (χ1) is 16.0. The van der Waals surface area contributed by atoms with Gasteiger partial charge in [0.15, 0.2) is 18.1 Å². The van der Waals surface area contributed by atoms with Crippen LogP contribution in [0.3, 0.4) is 0 Å². The van der Waals surface area contributed by atoms with Crippen molar-refractivity contribution < 1.29 is 14.3 Å². The predicted molar refractivity (Wildman–Crippen MR) is 122 cm³/mol. The number of nitrogens with zero attached hydrogens (tertiary/aromatic N) is 3. The third kappa shape index (κ3) is 4.04. The Morgan fingerprint density at radius 1 is 1.24 bits per heavy atom. The van der Waals surface area contributed by atoms with Crippen LogP contribution in [-0.2, 0) is 9.59 Å². The van der Waals surface area contributed by atoms with Crippen molar-refractivity contribution in [3.05, 3.63) is 42.7 Å². The molecule has 1 fully saturated rings. The number of amides is 2. The van der Waals surface area contributed by atoms with Crippen molar-refractivity contribution in [3.8, 4) is 5.75 Å². The third-order valence-corrected chi connectivity index (χ3v) is 6.12. The summed E-state index contributed by atoms with van der Waals surface area (Å²) in [5.41, 5.74) is 7.52. The topological polar surface area (TPSA) is 160 Å². The zero-order chi connectivity index (χ0) is 22.9. The standard InChI is InChI=1S/C22H24N8O3/c1-24-15(31)9-33-14-4-2-3-13(8-14)27-22-29-20-18(25-10-26-20)21(30-22)28-17-12-6-5-11(7-12)16(17)19(23)32/h2-6,8,10-12,16-17H,7,9H2,1H3,(H2,23,32)(H,24,31)(H3,25,26,27,28,29,30)/t11-,12+,16-,17+/m1/s1. The number of H-pyrrole nitrogens is 1. The SMILES string of the molecule is CNC(=O)COc1cccc(Nc2nc(N[C@@H]3[C@H](C(N)=O)[C@@H]4C=C[C@H]3C4)c3[nH]cnc3n2)c1. The fourth-order valence-corrected chi connectivity index (χ4v) is 4.57. The van der Waals surface area contributed by atoms with E-state index in [9.17, 15) is 9.59 Å².